The van der Waals surface area contributed by atoms with E-state index in [0.29, 0.717) is 18.8 Å². The highest BCUT2D eigenvalue weighted by Gasteiger charge is 2.15. The van der Waals surface area contributed by atoms with Gasteiger partial charge < -0.3 is 4.90 Å². The molecular weight excluding hydrogens is 374 g/mol. The normalized spacial score (nSPS) is 10.8. The molecule has 0 fully saturated rings. The molecule has 1 heterocycles. The van der Waals surface area contributed by atoms with Crippen molar-refractivity contribution >= 4 is 16.7 Å². The average Bonchev–Trinajstić information content (AvgIpc) is 2.79. The van der Waals surface area contributed by atoms with Gasteiger partial charge in [-0.05, 0) is 35.4 Å². The molecule has 5 heteroatoms. The maximum atomic E-state index is 12.8. The number of rotatable bonds is 6. The number of carbonyl (C=O) groups is 1. The number of aromatic nitrogens is 2. The van der Waals surface area contributed by atoms with Crippen molar-refractivity contribution in [1.29, 1.82) is 0 Å². The molecule has 5 nitrogen and oxygen atoms in total. The molecule has 0 radical (unpaired) electrons. The van der Waals surface area contributed by atoms with E-state index < -0.39 is 0 Å². The van der Waals surface area contributed by atoms with Gasteiger partial charge in [-0.1, -0.05) is 66.7 Å². The van der Waals surface area contributed by atoms with Gasteiger partial charge in [0.1, 0.15) is 6.54 Å². The summed E-state index contributed by atoms with van der Waals surface area (Å²) in [5, 5.41) is 6.71. The summed E-state index contributed by atoms with van der Waals surface area (Å²) in [6.45, 7) is 2.92. The maximum Gasteiger partial charge on any atom is 0.267 e. The Labute approximate surface area is 175 Å². The summed E-state index contributed by atoms with van der Waals surface area (Å²) in [5.41, 5.74) is 2.34. The molecule has 4 aromatic rings. The third-order valence-corrected chi connectivity index (χ3v) is 5.15. The zero-order valence-electron chi connectivity index (χ0n) is 16.9. The molecule has 0 spiro atoms. The van der Waals surface area contributed by atoms with Crippen molar-refractivity contribution in [1.82, 2.24) is 14.7 Å². The molecule has 0 aliphatic carbocycles. The molecular formula is C25H23N3O2. The smallest absolute Gasteiger partial charge is 0.267 e. The largest absolute Gasteiger partial charge is 0.337 e. The Morgan fingerprint density at radius 1 is 0.900 bits per heavy atom. The fraction of sp³-hybridized carbons (Fsp3) is 0.160. The predicted octanol–water partition coefficient (Wildman–Crippen LogP) is 4.11. The summed E-state index contributed by atoms with van der Waals surface area (Å²) in [6, 6.07) is 27.1. The molecule has 0 saturated carbocycles. The molecule has 0 bridgehead atoms. The Morgan fingerprint density at radius 2 is 1.63 bits per heavy atom. The summed E-state index contributed by atoms with van der Waals surface area (Å²) in [7, 11) is 0. The van der Waals surface area contributed by atoms with Crippen LogP contribution in [0.2, 0.25) is 0 Å². The highest BCUT2D eigenvalue weighted by Crippen LogP contribution is 2.22. The van der Waals surface area contributed by atoms with Crippen LogP contribution in [0.25, 0.3) is 22.0 Å². The third kappa shape index (κ3) is 4.30. The predicted molar refractivity (Wildman–Crippen MR) is 119 cm³/mol. The van der Waals surface area contributed by atoms with E-state index >= 15 is 0 Å². The highest BCUT2D eigenvalue weighted by molar-refractivity contribution is 5.86. The Morgan fingerprint density at radius 3 is 2.40 bits per heavy atom. The topological polar surface area (TPSA) is 55.2 Å². The molecule has 150 valence electrons. The molecule has 0 atom stereocenters. The van der Waals surface area contributed by atoms with Crippen molar-refractivity contribution in [3.63, 3.8) is 0 Å². The van der Waals surface area contributed by atoms with Gasteiger partial charge >= 0.3 is 0 Å². The first kappa shape index (κ1) is 19.6. The van der Waals surface area contributed by atoms with Crippen LogP contribution in [0, 0.1) is 0 Å². The Kier molecular flexibility index (Phi) is 5.70. The summed E-state index contributed by atoms with van der Waals surface area (Å²) in [4.78, 5) is 26.9. The summed E-state index contributed by atoms with van der Waals surface area (Å²) < 4.78 is 1.25. The Bertz CT molecular complexity index is 1230. The third-order valence-electron chi connectivity index (χ3n) is 5.15. The zero-order chi connectivity index (χ0) is 20.9. The molecule has 0 N–H and O–H groups in total. The number of hydrogen-bond donors (Lipinski definition) is 0. The first-order chi connectivity index (χ1) is 14.6. The minimum atomic E-state index is -0.288. The van der Waals surface area contributed by atoms with E-state index in [-0.39, 0.29) is 18.0 Å². The highest BCUT2D eigenvalue weighted by atomic mass is 16.2. The van der Waals surface area contributed by atoms with Crippen molar-refractivity contribution in [3.8, 4) is 11.3 Å². The summed E-state index contributed by atoms with van der Waals surface area (Å²) in [5.74, 6) is -0.133. The van der Waals surface area contributed by atoms with E-state index in [2.05, 4.69) is 11.2 Å². The zero-order valence-corrected chi connectivity index (χ0v) is 16.9. The lowest BCUT2D eigenvalue weighted by Crippen LogP contribution is -2.36. The molecule has 1 amide bonds. The van der Waals surface area contributed by atoms with Gasteiger partial charge in [0.05, 0.1) is 5.69 Å². The number of fused-ring (bicyclic) bond motifs is 1. The van der Waals surface area contributed by atoms with Crippen molar-refractivity contribution < 1.29 is 4.79 Å². The van der Waals surface area contributed by atoms with Crippen molar-refractivity contribution in [2.75, 3.05) is 6.54 Å². The number of carbonyl (C=O) groups excluding carboxylic acids is 1. The van der Waals surface area contributed by atoms with Crippen LogP contribution in [-0.2, 0) is 17.9 Å². The standard InChI is InChI=1S/C25H23N3O2/c1-2-27(17-19-8-4-3-5-9-19)25(30)18-28-24(29)15-14-23(26-28)22-13-12-20-10-6-7-11-21(20)16-22/h3-16H,2,17-18H2,1H3. The first-order valence-corrected chi connectivity index (χ1v) is 10.0. The lowest BCUT2D eigenvalue weighted by molar-refractivity contribution is -0.132. The molecule has 1 aromatic heterocycles. The van der Waals surface area contributed by atoms with Crippen LogP contribution in [0.1, 0.15) is 12.5 Å². The van der Waals surface area contributed by atoms with Gasteiger partial charge in [0, 0.05) is 24.7 Å². The van der Waals surface area contributed by atoms with Gasteiger partial charge in [-0.3, -0.25) is 9.59 Å². The molecule has 3 aromatic carbocycles. The van der Waals surface area contributed by atoms with E-state index in [1.807, 2.05) is 73.7 Å². The van der Waals surface area contributed by atoms with Gasteiger partial charge in [-0.15, -0.1) is 0 Å². The van der Waals surface area contributed by atoms with Crippen LogP contribution in [0.5, 0.6) is 0 Å². The number of hydrogen-bond acceptors (Lipinski definition) is 3. The number of nitrogens with zero attached hydrogens (tertiary/aromatic N) is 3. The van der Waals surface area contributed by atoms with E-state index in [0.717, 1.165) is 21.9 Å². The summed E-state index contributed by atoms with van der Waals surface area (Å²) >= 11 is 0. The maximum absolute atomic E-state index is 12.8. The SMILES string of the molecule is CCN(Cc1ccccc1)C(=O)Cn1nc(-c2ccc3ccccc3c2)ccc1=O. The lowest BCUT2D eigenvalue weighted by atomic mass is 10.1. The van der Waals surface area contributed by atoms with E-state index in [1.54, 1.807) is 11.0 Å². The molecule has 0 unspecified atom stereocenters. The van der Waals surface area contributed by atoms with Crippen molar-refractivity contribution in [2.45, 2.75) is 20.0 Å². The Hall–Kier alpha value is -3.73. The number of benzene rings is 3. The molecule has 0 aliphatic heterocycles. The second-order valence-electron chi connectivity index (χ2n) is 7.17. The second kappa shape index (κ2) is 8.74. The molecule has 30 heavy (non-hydrogen) atoms. The quantitative estimate of drug-likeness (QED) is 0.492. The minimum absolute atomic E-state index is 0.0824. The van der Waals surface area contributed by atoms with Crippen LogP contribution >= 0.6 is 0 Å². The monoisotopic (exact) mass is 397 g/mol. The van der Waals surface area contributed by atoms with Crippen LogP contribution in [0.4, 0.5) is 0 Å². The Balaban J connectivity index is 1.58. The number of amides is 1. The van der Waals surface area contributed by atoms with E-state index in [4.69, 9.17) is 0 Å². The molecule has 0 saturated heterocycles. The van der Waals surface area contributed by atoms with Crippen molar-refractivity contribution in [3.05, 3.63) is 101 Å². The van der Waals surface area contributed by atoms with Gasteiger partial charge in [-0.25, -0.2) is 4.68 Å². The second-order valence-corrected chi connectivity index (χ2v) is 7.17. The van der Waals surface area contributed by atoms with Gasteiger partial charge in [0.2, 0.25) is 5.91 Å². The van der Waals surface area contributed by atoms with Gasteiger partial charge in [0.15, 0.2) is 0 Å². The summed E-state index contributed by atoms with van der Waals surface area (Å²) in [6.07, 6.45) is 0. The lowest BCUT2D eigenvalue weighted by Gasteiger charge is -2.21. The fourth-order valence-electron chi connectivity index (χ4n) is 3.47. The molecule has 0 aliphatic rings. The van der Waals surface area contributed by atoms with Gasteiger partial charge in [-0.2, -0.15) is 5.10 Å². The van der Waals surface area contributed by atoms with Crippen molar-refractivity contribution in [2.24, 2.45) is 0 Å². The van der Waals surface area contributed by atoms with Crippen LogP contribution < -0.4 is 5.56 Å². The minimum Gasteiger partial charge on any atom is -0.337 e. The number of likely N-dealkylation sites (N-methyl/N-ethyl adjacent to an activating group) is 1. The average molecular weight is 397 g/mol. The first-order valence-electron chi connectivity index (χ1n) is 10.0. The fourth-order valence-corrected chi connectivity index (χ4v) is 3.47. The molecule has 4 rings (SSSR count). The van der Waals surface area contributed by atoms with Crippen LogP contribution in [0.15, 0.2) is 89.7 Å². The van der Waals surface area contributed by atoms with Crippen LogP contribution in [0.3, 0.4) is 0 Å². The van der Waals surface area contributed by atoms with Crippen LogP contribution in [-0.4, -0.2) is 27.1 Å². The van der Waals surface area contributed by atoms with E-state index in [1.165, 1.54) is 10.7 Å². The van der Waals surface area contributed by atoms with E-state index in [9.17, 15) is 9.59 Å². The van der Waals surface area contributed by atoms with Gasteiger partial charge in [0.25, 0.3) is 5.56 Å².